The molecular formula is C10H10BrFO2S. The molecule has 2 nitrogen and oxygen atoms in total. The molecule has 2 rings (SSSR count). The van der Waals surface area contributed by atoms with Crippen LogP contribution in [0.4, 0.5) is 4.39 Å². The van der Waals surface area contributed by atoms with Crippen LogP contribution in [0.25, 0.3) is 0 Å². The molecule has 0 saturated carbocycles. The minimum absolute atomic E-state index is 0.114. The van der Waals surface area contributed by atoms with Gasteiger partial charge in [0.1, 0.15) is 10.9 Å². The number of rotatable bonds is 0. The van der Waals surface area contributed by atoms with Crippen molar-refractivity contribution < 1.29 is 12.8 Å². The van der Waals surface area contributed by atoms with Gasteiger partial charge >= 0.3 is 0 Å². The summed E-state index contributed by atoms with van der Waals surface area (Å²) in [5.74, 6) is 0. The van der Waals surface area contributed by atoms with E-state index in [-0.39, 0.29) is 10.5 Å². The predicted molar refractivity (Wildman–Crippen MR) is 59.3 cm³/mol. The maximum absolute atomic E-state index is 14.0. The van der Waals surface area contributed by atoms with Crippen LogP contribution < -0.4 is 0 Å². The Morgan fingerprint density at radius 1 is 1.40 bits per heavy atom. The van der Waals surface area contributed by atoms with Crippen LogP contribution in [-0.4, -0.2) is 13.2 Å². The molecule has 1 atom stereocenters. The van der Waals surface area contributed by atoms with Gasteiger partial charge < -0.3 is 0 Å². The van der Waals surface area contributed by atoms with Crippen molar-refractivity contribution in [3.05, 3.63) is 28.2 Å². The molecule has 1 aliphatic rings. The Balaban J connectivity index is 2.80. The SMILES string of the molecule is CC1(C)[C@@H](F)c2cc(Br)ccc2S1(=O)=O. The summed E-state index contributed by atoms with van der Waals surface area (Å²) in [7, 11) is -3.55. The third-order valence-electron chi connectivity index (χ3n) is 2.84. The third kappa shape index (κ3) is 1.29. The Labute approximate surface area is 96.5 Å². The van der Waals surface area contributed by atoms with Gasteiger partial charge in [-0.05, 0) is 32.0 Å². The van der Waals surface area contributed by atoms with Gasteiger partial charge in [0, 0.05) is 10.0 Å². The normalized spacial score (nSPS) is 26.3. The topological polar surface area (TPSA) is 34.1 Å². The van der Waals surface area contributed by atoms with Crippen molar-refractivity contribution in [2.75, 3.05) is 0 Å². The second kappa shape index (κ2) is 3.04. The second-order valence-electron chi connectivity index (χ2n) is 4.15. The van der Waals surface area contributed by atoms with Crippen LogP contribution in [0.3, 0.4) is 0 Å². The van der Waals surface area contributed by atoms with E-state index in [0.29, 0.717) is 4.47 Å². The molecule has 1 aromatic carbocycles. The average molecular weight is 293 g/mol. The highest BCUT2D eigenvalue weighted by Gasteiger charge is 2.52. The summed E-state index contributed by atoms with van der Waals surface area (Å²) in [6.07, 6.45) is -1.46. The maximum Gasteiger partial charge on any atom is 0.187 e. The minimum Gasteiger partial charge on any atom is -0.241 e. The number of alkyl halides is 1. The molecule has 0 spiro atoms. The lowest BCUT2D eigenvalue weighted by atomic mass is 10.0. The zero-order valence-corrected chi connectivity index (χ0v) is 10.7. The highest BCUT2D eigenvalue weighted by molar-refractivity contribution is 9.10. The lowest BCUT2D eigenvalue weighted by molar-refractivity contribution is 0.284. The van der Waals surface area contributed by atoms with E-state index in [1.807, 2.05) is 0 Å². The van der Waals surface area contributed by atoms with Crippen LogP contribution in [-0.2, 0) is 9.84 Å². The van der Waals surface area contributed by atoms with Gasteiger partial charge in [-0.25, -0.2) is 12.8 Å². The monoisotopic (exact) mass is 292 g/mol. The average Bonchev–Trinajstić information content (AvgIpc) is 2.26. The van der Waals surface area contributed by atoms with Gasteiger partial charge in [-0.3, -0.25) is 0 Å². The molecule has 82 valence electrons. The third-order valence-corrected chi connectivity index (χ3v) is 5.87. The van der Waals surface area contributed by atoms with Gasteiger partial charge in [0.15, 0.2) is 9.84 Å². The Bertz CT molecular complexity index is 522. The van der Waals surface area contributed by atoms with Crippen LogP contribution in [0.1, 0.15) is 25.6 Å². The summed E-state index contributed by atoms with van der Waals surface area (Å²) in [6.45, 7) is 2.84. The van der Waals surface area contributed by atoms with Crippen LogP contribution in [0, 0.1) is 0 Å². The molecule has 0 N–H and O–H groups in total. The van der Waals surface area contributed by atoms with Crippen molar-refractivity contribution in [2.45, 2.75) is 29.7 Å². The summed E-state index contributed by atoms with van der Waals surface area (Å²) in [6, 6.07) is 4.60. The largest absolute Gasteiger partial charge is 0.241 e. The first-order valence-electron chi connectivity index (χ1n) is 4.46. The lowest BCUT2D eigenvalue weighted by Crippen LogP contribution is -2.30. The van der Waals surface area contributed by atoms with Crippen molar-refractivity contribution >= 4 is 25.8 Å². The molecule has 0 radical (unpaired) electrons. The fourth-order valence-corrected chi connectivity index (χ4v) is 3.82. The van der Waals surface area contributed by atoms with Crippen molar-refractivity contribution in [1.82, 2.24) is 0 Å². The van der Waals surface area contributed by atoms with E-state index in [2.05, 4.69) is 15.9 Å². The van der Waals surface area contributed by atoms with E-state index >= 15 is 0 Å². The number of fused-ring (bicyclic) bond motifs is 1. The summed E-state index contributed by atoms with van der Waals surface area (Å²) < 4.78 is 37.2. The molecule has 15 heavy (non-hydrogen) atoms. The molecule has 0 unspecified atom stereocenters. The molecule has 0 saturated heterocycles. The fourth-order valence-electron chi connectivity index (χ4n) is 1.76. The van der Waals surface area contributed by atoms with Gasteiger partial charge in [-0.1, -0.05) is 15.9 Å². The molecule has 1 aliphatic heterocycles. The van der Waals surface area contributed by atoms with Crippen LogP contribution >= 0.6 is 15.9 Å². The predicted octanol–water partition coefficient (Wildman–Crippen LogP) is 3.03. The summed E-state index contributed by atoms with van der Waals surface area (Å²) in [5.41, 5.74) is 0.259. The maximum atomic E-state index is 14.0. The highest BCUT2D eigenvalue weighted by Crippen LogP contribution is 2.49. The quantitative estimate of drug-likeness (QED) is 0.737. The molecule has 0 aliphatic carbocycles. The van der Waals surface area contributed by atoms with Crippen molar-refractivity contribution in [2.24, 2.45) is 0 Å². The Hall–Kier alpha value is -0.420. The minimum atomic E-state index is -3.55. The Morgan fingerprint density at radius 2 is 2.00 bits per heavy atom. The van der Waals surface area contributed by atoms with Gasteiger partial charge in [-0.2, -0.15) is 0 Å². The highest BCUT2D eigenvalue weighted by atomic mass is 79.9. The molecule has 1 aromatic rings. The van der Waals surface area contributed by atoms with Gasteiger partial charge in [0.25, 0.3) is 0 Å². The second-order valence-corrected chi connectivity index (χ2v) is 7.57. The lowest BCUT2D eigenvalue weighted by Gasteiger charge is -2.19. The van der Waals surface area contributed by atoms with Crippen LogP contribution in [0.15, 0.2) is 27.6 Å². The zero-order valence-electron chi connectivity index (χ0n) is 8.29. The van der Waals surface area contributed by atoms with E-state index in [0.717, 1.165) is 0 Å². The van der Waals surface area contributed by atoms with E-state index in [1.165, 1.54) is 26.0 Å². The first-order valence-corrected chi connectivity index (χ1v) is 6.74. The van der Waals surface area contributed by atoms with Gasteiger partial charge in [0.05, 0.1) is 4.90 Å². The van der Waals surface area contributed by atoms with Gasteiger partial charge in [-0.15, -0.1) is 0 Å². The first-order chi connectivity index (χ1) is 6.78. The summed E-state index contributed by atoms with van der Waals surface area (Å²) in [4.78, 5) is 0.114. The molecule has 1 heterocycles. The molecule has 5 heteroatoms. The van der Waals surface area contributed by atoms with Gasteiger partial charge in [0.2, 0.25) is 0 Å². The smallest absolute Gasteiger partial charge is 0.187 e. The molecule has 0 amide bonds. The number of hydrogen-bond donors (Lipinski definition) is 0. The Kier molecular flexibility index (Phi) is 2.25. The molecule has 0 fully saturated rings. The van der Waals surface area contributed by atoms with E-state index in [1.54, 1.807) is 6.07 Å². The first kappa shape index (κ1) is 11.1. The number of sulfone groups is 1. The van der Waals surface area contributed by atoms with Crippen LogP contribution in [0.2, 0.25) is 0 Å². The van der Waals surface area contributed by atoms with Crippen molar-refractivity contribution in [3.8, 4) is 0 Å². The van der Waals surface area contributed by atoms with E-state index in [9.17, 15) is 12.8 Å². The molecule has 0 bridgehead atoms. The standard InChI is InChI=1S/C10H10BrFO2S/c1-10(2)9(12)7-5-6(11)3-4-8(7)15(10,13)14/h3-5,9H,1-2H3/t9-/m0/s1. The summed E-state index contributed by atoms with van der Waals surface area (Å²) >= 11 is 3.21. The number of hydrogen-bond acceptors (Lipinski definition) is 2. The number of benzene rings is 1. The van der Waals surface area contributed by atoms with Crippen LogP contribution in [0.5, 0.6) is 0 Å². The molecular weight excluding hydrogens is 283 g/mol. The summed E-state index contributed by atoms with van der Waals surface area (Å²) in [5, 5.41) is 0. The van der Waals surface area contributed by atoms with Crippen molar-refractivity contribution in [3.63, 3.8) is 0 Å². The number of halogens is 2. The zero-order chi connectivity index (χ0) is 11.4. The van der Waals surface area contributed by atoms with Crippen molar-refractivity contribution in [1.29, 1.82) is 0 Å². The van der Waals surface area contributed by atoms with E-state index in [4.69, 9.17) is 0 Å². The fraction of sp³-hybridized carbons (Fsp3) is 0.400. The van der Waals surface area contributed by atoms with E-state index < -0.39 is 20.8 Å². The molecule has 0 aromatic heterocycles. The Morgan fingerprint density at radius 3 is 2.60 bits per heavy atom.